The van der Waals surface area contributed by atoms with Crippen LogP contribution in [0.3, 0.4) is 0 Å². The first-order chi connectivity index (χ1) is 8.79. The number of para-hydroxylation sites is 1. The summed E-state index contributed by atoms with van der Waals surface area (Å²) < 4.78 is 0. The minimum Gasteiger partial charge on any atom is -0.378 e. The lowest BCUT2D eigenvalue weighted by Gasteiger charge is -2.10. The van der Waals surface area contributed by atoms with Crippen LogP contribution >= 0.6 is 11.3 Å². The quantitative estimate of drug-likeness (QED) is 0.866. The molecule has 0 saturated heterocycles. The second kappa shape index (κ2) is 6.16. The van der Waals surface area contributed by atoms with Crippen LogP contribution in [-0.4, -0.2) is 17.9 Å². The first kappa shape index (κ1) is 12.6. The average molecular weight is 261 g/mol. The van der Waals surface area contributed by atoms with E-state index in [4.69, 9.17) is 0 Å². The van der Waals surface area contributed by atoms with Gasteiger partial charge in [0.25, 0.3) is 0 Å². The topological polar surface area (TPSA) is 54.0 Å². The molecule has 0 unspecified atom stereocenters. The van der Waals surface area contributed by atoms with Crippen molar-refractivity contribution in [2.75, 3.05) is 12.4 Å². The second-order valence-corrected chi connectivity index (χ2v) is 4.77. The van der Waals surface area contributed by atoms with Gasteiger partial charge in [-0.05, 0) is 11.6 Å². The summed E-state index contributed by atoms with van der Waals surface area (Å²) in [6.07, 6.45) is 2.18. The Morgan fingerprint density at radius 2 is 2.22 bits per heavy atom. The molecular weight excluding hydrogens is 246 g/mol. The van der Waals surface area contributed by atoms with E-state index in [0.717, 1.165) is 16.3 Å². The molecule has 0 atom stereocenters. The molecule has 0 radical (unpaired) electrons. The lowest BCUT2D eigenvalue weighted by molar-refractivity contribution is -0.119. The van der Waals surface area contributed by atoms with Crippen LogP contribution in [0.5, 0.6) is 0 Å². The number of amides is 1. The highest BCUT2D eigenvalue weighted by Crippen LogP contribution is 2.17. The van der Waals surface area contributed by atoms with Crippen molar-refractivity contribution < 1.29 is 4.79 Å². The van der Waals surface area contributed by atoms with E-state index in [1.807, 2.05) is 29.6 Å². The second-order valence-electron chi connectivity index (χ2n) is 3.79. The number of carbonyl (C=O) groups excluding carboxylic acids is 1. The highest BCUT2D eigenvalue weighted by molar-refractivity contribution is 7.09. The minimum atomic E-state index is 0.0125. The van der Waals surface area contributed by atoms with Gasteiger partial charge in [-0.15, -0.1) is 11.3 Å². The molecule has 1 aromatic heterocycles. The number of hydrogen-bond acceptors (Lipinski definition) is 4. The molecule has 0 bridgehead atoms. The summed E-state index contributed by atoms with van der Waals surface area (Å²) in [5, 5.41) is 8.93. The highest BCUT2D eigenvalue weighted by atomic mass is 32.1. The van der Waals surface area contributed by atoms with Crippen LogP contribution in [0.25, 0.3) is 0 Å². The van der Waals surface area contributed by atoms with E-state index in [1.165, 1.54) is 0 Å². The lowest BCUT2D eigenvalue weighted by atomic mass is 10.1. The first-order valence-electron chi connectivity index (χ1n) is 5.70. The van der Waals surface area contributed by atoms with Crippen LogP contribution in [-0.2, 0) is 17.8 Å². The molecule has 2 aromatic rings. The summed E-state index contributed by atoms with van der Waals surface area (Å²) in [5.41, 5.74) is 1.98. The number of likely N-dealkylation sites (N-methyl/N-ethyl adjacent to an activating group) is 1. The van der Waals surface area contributed by atoms with E-state index in [-0.39, 0.29) is 5.91 Å². The molecule has 2 rings (SSSR count). The smallest absolute Gasteiger partial charge is 0.224 e. The number of anilines is 1. The molecule has 2 N–H and O–H groups in total. The van der Waals surface area contributed by atoms with Crippen LogP contribution < -0.4 is 10.6 Å². The van der Waals surface area contributed by atoms with Gasteiger partial charge in [0.1, 0.15) is 5.01 Å². The molecule has 0 aliphatic carbocycles. The van der Waals surface area contributed by atoms with Gasteiger partial charge < -0.3 is 10.6 Å². The Morgan fingerprint density at radius 3 is 2.94 bits per heavy atom. The van der Waals surface area contributed by atoms with Crippen LogP contribution in [0.15, 0.2) is 35.8 Å². The van der Waals surface area contributed by atoms with Crippen LogP contribution in [0.1, 0.15) is 10.6 Å². The number of aromatic nitrogens is 1. The number of thiazole rings is 1. The molecule has 1 heterocycles. The molecule has 5 heteroatoms. The Bertz CT molecular complexity index is 511. The van der Waals surface area contributed by atoms with Crippen molar-refractivity contribution in [1.29, 1.82) is 0 Å². The zero-order valence-electron chi connectivity index (χ0n) is 10.1. The molecule has 1 aromatic carbocycles. The van der Waals surface area contributed by atoms with Gasteiger partial charge in [-0.1, -0.05) is 18.2 Å². The zero-order chi connectivity index (χ0) is 12.8. The van der Waals surface area contributed by atoms with Crippen LogP contribution in [0.4, 0.5) is 5.69 Å². The predicted molar refractivity (Wildman–Crippen MR) is 73.7 cm³/mol. The molecule has 1 amide bonds. The summed E-state index contributed by atoms with van der Waals surface area (Å²) in [4.78, 5) is 15.6. The van der Waals surface area contributed by atoms with Gasteiger partial charge in [-0.2, -0.15) is 0 Å². The number of rotatable bonds is 5. The Hall–Kier alpha value is -1.88. The highest BCUT2D eigenvalue weighted by Gasteiger charge is 2.06. The SMILES string of the molecule is CNC(=O)Cc1ccccc1NCc1nccs1. The van der Waals surface area contributed by atoms with E-state index in [2.05, 4.69) is 15.6 Å². The van der Waals surface area contributed by atoms with E-state index in [9.17, 15) is 4.79 Å². The Morgan fingerprint density at radius 1 is 1.39 bits per heavy atom. The van der Waals surface area contributed by atoms with Crippen molar-refractivity contribution in [2.24, 2.45) is 0 Å². The molecule has 0 saturated carbocycles. The van der Waals surface area contributed by atoms with Gasteiger partial charge in [0.2, 0.25) is 5.91 Å². The molecule has 18 heavy (non-hydrogen) atoms. The van der Waals surface area contributed by atoms with Gasteiger partial charge in [0.15, 0.2) is 0 Å². The zero-order valence-corrected chi connectivity index (χ0v) is 11.0. The average Bonchev–Trinajstić information content (AvgIpc) is 2.91. The van der Waals surface area contributed by atoms with Crippen LogP contribution in [0, 0.1) is 0 Å². The number of hydrogen-bond donors (Lipinski definition) is 2. The number of nitrogens with zero attached hydrogens (tertiary/aromatic N) is 1. The Kier molecular flexibility index (Phi) is 4.30. The van der Waals surface area contributed by atoms with E-state index >= 15 is 0 Å². The standard InChI is InChI=1S/C13H15N3OS/c1-14-12(17)8-10-4-2-3-5-11(10)16-9-13-15-6-7-18-13/h2-7,16H,8-9H2,1H3,(H,14,17). The van der Waals surface area contributed by atoms with Crippen molar-refractivity contribution in [3.8, 4) is 0 Å². The number of carbonyl (C=O) groups is 1. The van der Waals surface area contributed by atoms with Gasteiger partial charge in [-0.3, -0.25) is 4.79 Å². The molecule has 0 spiro atoms. The van der Waals surface area contributed by atoms with Crippen molar-refractivity contribution >= 4 is 22.9 Å². The van der Waals surface area contributed by atoms with E-state index in [0.29, 0.717) is 13.0 Å². The van der Waals surface area contributed by atoms with E-state index in [1.54, 1.807) is 24.6 Å². The summed E-state index contributed by atoms with van der Waals surface area (Å²) >= 11 is 1.61. The monoisotopic (exact) mass is 261 g/mol. The predicted octanol–water partition coefficient (Wildman–Crippen LogP) is 2.04. The maximum absolute atomic E-state index is 11.4. The van der Waals surface area contributed by atoms with Gasteiger partial charge in [0.05, 0.1) is 13.0 Å². The van der Waals surface area contributed by atoms with Crippen molar-refractivity contribution in [3.63, 3.8) is 0 Å². The molecule has 0 aliphatic heterocycles. The number of benzene rings is 1. The Labute approximate surface area is 110 Å². The Balaban J connectivity index is 2.05. The third-order valence-electron chi connectivity index (χ3n) is 2.56. The van der Waals surface area contributed by atoms with Gasteiger partial charge in [0, 0.05) is 24.3 Å². The first-order valence-corrected chi connectivity index (χ1v) is 6.58. The van der Waals surface area contributed by atoms with Crippen molar-refractivity contribution in [3.05, 3.63) is 46.4 Å². The van der Waals surface area contributed by atoms with Gasteiger partial charge in [-0.25, -0.2) is 4.98 Å². The van der Waals surface area contributed by atoms with E-state index < -0.39 is 0 Å². The lowest BCUT2D eigenvalue weighted by Crippen LogP contribution is -2.20. The summed E-state index contributed by atoms with van der Waals surface area (Å²) in [6, 6.07) is 7.83. The molecular formula is C13H15N3OS. The minimum absolute atomic E-state index is 0.0125. The third kappa shape index (κ3) is 3.30. The maximum atomic E-state index is 11.4. The normalized spacial score (nSPS) is 10.1. The molecule has 0 aliphatic rings. The fourth-order valence-corrected chi connectivity index (χ4v) is 2.18. The molecule has 94 valence electrons. The third-order valence-corrected chi connectivity index (χ3v) is 3.34. The fourth-order valence-electron chi connectivity index (χ4n) is 1.62. The fraction of sp³-hybridized carbons (Fsp3) is 0.231. The van der Waals surface area contributed by atoms with Crippen molar-refractivity contribution in [1.82, 2.24) is 10.3 Å². The maximum Gasteiger partial charge on any atom is 0.224 e. The van der Waals surface area contributed by atoms with Gasteiger partial charge >= 0.3 is 0 Å². The largest absolute Gasteiger partial charge is 0.378 e. The van der Waals surface area contributed by atoms with Crippen molar-refractivity contribution in [2.45, 2.75) is 13.0 Å². The molecule has 0 fully saturated rings. The van der Waals surface area contributed by atoms with Crippen LogP contribution in [0.2, 0.25) is 0 Å². The summed E-state index contributed by atoms with van der Waals surface area (Å²) in [6.45, 7) is 0.683. The molecule has 4 nitrogen and oxygen atoms in total. The summed E-state index contributed by atoms with van der Waals surface area (Å²) in [7, 11) is 1.65. The number of nitrogens with one attached hydrogen (secondary N) is 2. The summed E-state index contributed by atoms with van der Waals surface area (Å²) in [5.74, 6) is 0.0125.